The minimum atomic E-state index is -4.10. The third-order valence-electron chi connectivity index (χ3n) is 4.11. The molecular weight excluding hydrogens is 283 g/mol. The Balaban J connectivity index is 1.81. The molecule has 0 unspecified atom stereocenters. The summed E-state index contributed by atoms with van der Waals surface area (Å²) in [6.45, 7) is 1.88. The zero-order chi connectivity index (χ0) is 15.5. The van der Waals surface area contributed by atoms with Crippen LogP contribution in [0.1, 0.15) is 50.9 Å². The van der Waals surface area contributed by atoms with Crippen LogP contribution in [0.3, 0.4) is 0 Å². The van der Waals surface area contributed by atoms with E-state index in [0.29, 0.717) is 18.6 Å². The van der Waals surface area contributed by atoms with Gasteiger partial charge in [0.05, 0.1) is 12.2 Å². The fourth-order valence-electron chi connectivity index (χ4n) is 3.04. The van der Waals surface area contributed by atoms with Crippen LogP contribution < -0.4 is 5.32 Å². The second-order valence-electron chi connectivity index (χ2n) is 5.94. The van der Waals surface area contributed by atoms with E-state index in [4.69, 9.17) is 4.42 Å². The normalized spacial score (nSPS) is 26.5. The monoisotopic (exact) mass is 305 g/mol. The van der Waals surface area contributed by atoms with Gasteiger partial charge in [0, 0.05) is 12.1 Å². The molecule has 120 valence electrons. The molecule has 0 aliphatic heterocycles. The van der Waals surface area contributed by atoms with Crippen molar-refractivity contribution >= 4 is 0 Å². The fraction of sp³-hybridized carbons (Fsp3) is 0.733. The predicted octanol–water partition coefficient (Wildman–Crippen LogP) is 3.80. The van der Waals surface area contributed by atoms with Crippen LogP contribution in [-0.2, 0) is 0 Å². The van der Waals surface area contributed by atoms with Gasteiger partial charge in [0.1, 0.15) is 11.9 Å². The van der Waals surface area contributed by atoms with Gasteiger partial charge >= 0.3 is 6.18 Å². The topological polar surface area (TPSA) is 45.4 Å². The first-order chi connectivity index (χ1) is 9.86. The van der Waals surface area contributed by atoms with Crippen LogP contribution in [0.2, 0.25) is 0 Å². The van der Waals surface area contributed by atoms with Crippen LogP contribution in [0.4, 0.5) is 13.2 Å². The molecule has 1 aliphatic carbocycles. The van der Waals surface area contributed by atoms with Gasteiger partial charge in [0.15, 0.2) is 0 Å². The first-order valence-electron chi connectivity index (χ1n) is 7.40. The van der Waals surface area contributed by atoms with Crippen molar-refractivity contribution < 1.29 is 22.7 Å². The van der Waals surface area contributed by atoms with Gasteiger partial charge in [-0.25, -0.2) is 0 Å². The van der Waals surface area contributed by atoms with E-state index in [1.54, 1.807) is 12.1 Å². The van der Waals surface area contributed by atoms with Gasteiger partial charge < -0.3 is 14.8 Å². The summed E-state index contributed by atoms with van der Waals surface area (Å²) >= 11 is 0. The number of aliphatic hydroxyl groups is 1. The molecule has 0 aromatic carbocycles. The summed E-state index contributed by atoms with van der Waals surface area (Å²) in [5.74, 6) is -0.716. The molecule has 1 aromatic heterocycles. The number of hydrogen-bond donors (Lipinski definition) is 2. The first-order valence-corrected chi connectivity index (χ1v) is 7.40. The maximum Gasteiger partial charge on any atom is 0.391 e. The van der Waals surface area contributed by atoms with Crippen LogP contribution in [0, 0.1) is 5.92 Å². The zero-order valence-corrected chi connectivity index (χ0v) is 12.1. The fourth-order valence-corrected chi connectivity index (χ4v) is 3.04. The summed E-state index contributed by atoms with van der Waals surface area (Å²) in [6.07, 6.45) is -1.22. The minimum absolute atomic E-state index is 0.0675. The van der Waals surface area contributed by atoms with Crippen LogP contribution in [0.25, 0.3) is 0 Å². The summed E-state index contributed by atoms with van der Waals surface area (Å²) in [5, 5.41) is 13.2. The van der Waals surface area contributed by atoms with Crippen molar-refractivity contribution in [2.24, 2.45) is 5.92 Å². The summed E-state index contributed by atoms with van der Waals surface area (Å²) in [7, 11) is 0. The molecule has 4 atom stereocenters. The van der Waals surface area contributed by atoms with Crippen molar-refractivity contribution in [2.45, 2.75) is 63.4 Å². The minimum Gasteiger partial charge on any atom is -0.467 e. The van der Waals surface area contributed by atoms with E-state index in [-0.39, 0.29) is 24.9 Å². The van der Waals surface area contributed by atoms with E-state index in [0.717, 1.165) is 6.42 Å². The molecule has 2 rings (SSSR count). The second-order valence-corrected chi connectivity index (χ2v) is 5.94. The van der Waals surface area contributed by atoms with Crippen molar-refractivity contribution in [3.63, 3.8) is 0 Å². The van der Waals surface area contributed by atoms with Crippen molar-refractivity contribution in [1.82, 2.24) is 5.32 Å². The third-order valence-corrected chi connectivity index (χ3v) is 4.11. The number of alkyl halides is 3. The molecule has 0 amide bonds. The lowest BCUT2D eigenvalue weighted by Gasteiger charge is -2.33. The van der Waals surface area contributed by atoms with Crippen molar-refractivity contribution in [3.8, 4) is 0 Å². The number of rotatable bonds is 5. The first kappa shape index (κ1) is 16.4. The Hall–Kier alpha value is -1.01. The average molecular weight is 305 g/mol. The lowest BCUT2D eigenvalue weighted by Crippen LogP contribution is -2.43. The Morgan fingerprint density at radius 3 is 2.81 bits per heavy atom. The summed E-state index contributed by atoms with van der Waals surface area (Å²) in [4.78, 5) is 0. The number of nitrogens with one attached hydrogen (secondary N) is 1. The molecule has 0 spiro atoms. The van der Waals surface area contributed by atoms with E-state index in [1.807, 2.05) is 6.92 Å². The Labute approximate surface area is 122 Å². The van der Waals surface area contributed by atoms with E-state index in [9.17, 15) is 18.3 Å². The molecule has 1 aromatic rings. The molecule has 0 bridgehead atoms. The standard InChI is InChI=1S/C15H22F3NO2/c1-10(8-13(20)14-6-3-7-21-14)19-12-5-2-4-11(9-12)15(16,17)18/h3,6-7,10-13,19-20H,2,4-5,8-9H2,1H3/t10-,11+,12+,13+/m1/s1. The molecule has 3 nitrogen and oxygen atoms in total. The van der Waals surface area contributed by atoms with Crippen molar-refractivity contribution in [3.05, 3.63) is 24.2 Å². The highest BCUT2D eigenvalue weighted by Gasteiger charge is 2.42. The van der Waals surface area contributed by atoms with Crippen molar-refractivity contribution in [2.75, 3.05) is 0 Å². The maximum atomic E-state index is 12.8. The van der Waals surface area contributed by atoms with Gasteiger partial charge in [0.25, 0.3) is 0 Å². The van der Waals surface area contributed by atoms with E-state index < -0.39 is 18.2 Å². The van der Waals surface area contributed by atoms with Crippen LogP contribution in [0.5, 0.6) is 0 Å². The largest absolute Gasteiger partial charge is 0.467 e. The summed E-state index contributed by atoms with van der Waals surface area (Å²) in [6, 6.07) is 3.19. The summed E-state index contributed by atoms with van der Waals surface area (Å²) in [5.41, 5.74) is 0. The highest BCUT2D eigenvalue weighted by Crippen LogP contribution is 2.37. The lowest BCUT2D eigenvalue weighted by molar-refractivity contribution is -0.183. The smallest absolute Gasteiger partial charge is 0.391 e. The molecule has 2 N–H and O–H groups in total. The molecule has 0 saturated heterocycles. The van der Waals surface area contributed by atoms with Gasteiger partial charge in [-0.3, -0.25) is 0 Å². The molecule has 0 radical (unpaired) electrons. The van der Waals surface area contributed by atoms with E-state index in [1.165, 1.54) is 6.26 Å². The van der Waals surface area contributed by atoms with Crippen LogP contribution in [-0.4, -0.2) is 23.4 Å². The van der Waals surface area contributed by atoms with Gasteiger partial charge in [0.2, 0.25) is 0 Å². The molecular formula is C15H22F3NO2. The van der Waals surface area contributed by atoms with E-state index >= 15 is 0 Å². The second kappa shape index (κ2) is 6.83. The zero-order valence-electron chi connectivity index (χ0n) is 12.1. The Morgan fingerprint density at radius 2 is 2.19 bits per heavy atom. The summed E-state index contributed by atoms with van der Waals surface area (Å²) < 4.78 is 43.4. The molecule has 1 fully saturated rings. The number of halogens is 3. The van der Waals surface area contributed by atoms with Gasteiger partial charge in [-0.05, 0) is 44.7 Å². The number of aliphatic hydroxyl groups excluding tert-OH is 1. The average Bonchev–Trinajstić information content (AvgIpc) is 2.91. The molecule has 1 saturated carbocycles. The van der Waals surface area contributed by atoms with Crippen LogP contribution in [0.15, 0.2) is 22.8 Å². The molecule has 21 heavy (non-hydrogen) atoms. The van der Waals surface area contributed by atoms with Gasteiger partial charge in [-0.2, -0.15) is 13.2 Å². The molecule has 1 heterocycles. The van der Waals surface area contributed by atoms with Gasteiger partial charge in [-0.1, -0.05) is 6.42 Å². The van der Waals surface area contributed by atoms with E-state index in [2.05, 4.69) is 5.32 Å². The lowest BCUT2D eigenvalue weighted by atomic mass is 9.85. The quantitative estimate of drug-likeness (QED) is 0.869. The Bertz CT molecular complexity index is 419. The number of furan rings is 1. The highest BCUT2D eigenvalue weighted by molar-refractivity contribution is 5.02. The molecule has 1 aliphatic rings. The SMILES string of the molecule is C[C@H](C[C@H](O)c1ccco1)N[C@H]1CCC[C@H](C(F)(F)F)C1. The third kappa shape index (κ3) is 4.74. The molecule has 6 heteroatoms. The highest BCUT2D eigenvalue weighted by atomic mass is 19.4. The van der Waals surface area contributed by atoms with Crippen LogP contribution >= 0.6 is 0 Å². The predicted molar refractivity (Wildman–Crippen MR) is 72.7 cm³/mol. The Kier molecular flexibility index (Phi) is 5.32. The maximum absolute atomic E-state index is 12.8. The number of hydrogen-bond acceptors (Lipinski definition) is 3. The Morgan fingerprint density at radius 1 is 1.43 bits per heavy atom. The van der Waals surface area contributed by atoms with Crippen molar-refractivity contribution in [1.29, 1.82) is 0 Å². The van der Waals surface area contributed by atoms with Gasteiger partial charge in [-0.15, -0.1) is 0 Å².